The smallest absolute Gasteiger partial charge is 0.213 e. The number of pyridine rings is 1. The van der Waals surface area contributed by atoms with E-state index in [2.05, 4.69) is 59.2 Å². The van der Waals surface area contributed by atoms with Crippen LogP contribution in [0.1, 0.15) is 0 Å². The normalized spacial score (nSPS) is 11.0. The summed E-state index contributed by atoms with van der Waals surface area (Å²) in [5.74, 6) is 1.01. The summed E-state index contributed by atoms with van der Waals surface area (Å²) in [6.45, 7) is 1.32. The number of ether oxygens (including phenoxy) is 1. The van der Waals surface area contributed by atoms with Crippen molar-refractivity contribution in [1.29, 1.82) is 0 Å². The van der Waals surface area contributed by atoms with Crippen molar-refractivity contribution in [2.75, 3.05) is 6.61 Å². The molecule has 0 spiro atoms. The fraction of sp³-hybridized carbons (Fsp3) is 0.0952. The molecule has 0 aliphatic carbocycles. The molecule has 4 rings (SSSR count). The van der Waals surface area contributed by atoms with Gasteiger partial charge in [-0.05, 0) is 42.5 Å². The summed E-state index contributed by atoms with van der Waals surface area (Å²) in [7, 11) is 0. The number of phenols is 1. The third kappa shape index (κ3) is 2.76. The molecule has 3 heteroatoms. The number of nitrogens with zero attached hydrogens (tertiary/aromatic N) is 1. The lowest BCUT2D eigenvalue weighted by atomic mass is 10.1. The predicted octanol–water partition coefficient (Wildman–Crippen LogP) is 4.07. The Morgan fingerprint density at radius 1 is 0.750 bits per heavy atom. The van der Waals surface area contributed by atoms with Gasteiger partial charge in [0.1, 0.15) is 18.1 Å². The first-order chi connectivity index (χ1) is 11.8. The highest BCUT2D eigenvalue weighted by molar-refractivity contribution is 5.88. The fourth-order valence-electron chi connectivity index (χ4n) is 3.05. The van der Waals surface area contributed by atoms with Gasteiger partial charge in [0.15, 0.2) is 6.54 Å². The average Bonchev–Trinajstić information content (AvgIpc) is 2.63. The monoisotopic (exact) mass is 316 g/mol. The second-order valence-electron chi connectivity index (χ2n) is 5.76. The van der Waals surface area contributed by atoms with Gasteiger partial charge in [0, 0.05) is 22.9 Å². The Morgan fingerprint density at radius 2 is 1.33 bits per heavy atom. The number of fused-ring (bicyclic) bond motifs is 2. The van der Waals surface area contributed by atoms with Crippen LogP contribution in [0.2, 0.25) is 0 Å². The molecular formula is C21H18NO2+. The van der Waals surface area contributed by atoms with Crippen LogP contribution in [0.25, 0.3) is 21.8 Å². The molecule has 4 aromatic rings. The Kier molecular flexibility index (Phi) is 3.75. The Labute approximate surface area is 140 Å². The molecule has 0 aliphatic heterocycles. The molecule has 0 bridgehead atoms. The van der Waals surface area contributed by atoms with Crippen LogP contribution in [-0.2, 0) is 6.54 Å². The van der Waals surface area contributed by atoms with Gasteiger partial charge in [0.05, 0.1) is 0 Å². The molecule has 0 aliphatic rings. The lowest BCUT2D eigenvalue weighted by Gasteiger charge is -2.08. The topological polar surface area (TPSA) is 33.3 Å². The van der Waals surface area contributed by atoms with Crippen LogP contribution in [0, 0.1) is 0 Å². The largest absolute Gasteiger partial charge is 0.508 e. The summed E-state index contributed by atoms with van der Waals surface area (Å²) in [4.78, 5) is 0. The third-order valence-corrected chi connectivity index (χ3v) is 4.19. The summed E-state index contributed by atoms with van der Waals surface area (Å²) in [6.07, 6.45) is 0. The molecule has 118 valence electrons. The van der Waals surface area contributed by atoms with Crippen molar-refractivity contribution < 1.29 is 14.4 Å². The molecule has 1 heterocycles. The van der Waals surface area contributed by atoms with Crippen LogP contribution < -0.4 is 9.30 Å². The van der Waals surface area contributed by atoms with E-state index in [9.17, 15) is 5.11 Å². The van der Waals surface area contributed by atoms with Crippen LogP contribution in [0.3, 0.4) is 0 Å². The second kappa shape index (κ2) is 6.20. The minimum atomic E-state index is 0.247. The molecule has 0 fully saturated rings. The van der Waals surface area contributed by atoms with Gasteiger partial charge in [-0.3, -0.25) is 0 Å². The van der Waals surface area contributed by atoms with Gasteiger partial charge in [-0.15, -0.1) is 0 Å². The Morgan fingerprint density at radius 3 is 1.96 bits per heavy atom. The highest BCUT2D eigenvalue weighted by Gasteiger charge is 2.14. The molecule has 24 heavy (non-hydrogen) atoms. The van der Waals surface area contributed by atoms with E-state index in [-0.39, 0.29) is 5.75 Å². The Balaban J connectivity index is 1.67. The van der Waals surface area contributed by atoms with Gasteiger partial charge < -0.3 is 9.84 Å². The van der Waals surface area contributed by atoms with Crippen molar-refractivity contribution in [3.63, 3.8) is 0 Å². The molecular weight excluding hydrogens is 298 g/mol. The molecule has 0 saturated heterocycles. The maximum absolute atomic E-state index is 9.34. The Bertz CT molecular complexity index is 939. The molecule has 0 radical (unpaired) electrons. The van der Waals surface area contributed by atoms with Gasteiger partial charge in [0.25, 0.3) is 0 Å². The van der Waals surface area contributed by atoms with E-state index in [0.29, 0.717) is 6.61 Å². The van der Waals surface area contributed by atoms with E-state index >= 15 is 0 Å². The van der Waals surface area contributed by atoms with E-state index in [1.54, 1.807) is 24.3 Å². The van der Waals surface area contributed by atoms with E-state index in [4.69, 9.17) is 4.74 Å². The van der Waals surface area contributed by atoms with Crippen LogP contribution in [0.4, 0.5) is 0 Å². The summed E-state index contributed by atoms with van der Waals surface area (Å²) >= 11 is 0. The number of benzene rings is 3. The zero-order valence-electron chi connectivity index (χ0n) is 13.2. The van der Waals surface area contributed by atoms with E-state index in [0.717, 1.165) is 12.3 Å². The van der Waals surface area contributed by atoms with Crippen molar-refractivity contribution in [1.82, 2.24) is 0 Å². The zero-order chi connectivity index (χ0) is 16.4. The minimum Gasteiger partial charge on any atom is -0.508 e. The molecule has 0 amide bonds. The van der Waals surface area contributed by atoms with E-state index in [1.807, 2.05) is 0 Å². The zero-order valence-corrected chi connectivity index (χ0v) is 13.2. The molecule has 1 aromatic heterocycles. The van der Waals surface area contributed by atoms with Crippen molar-refractivity contribution in [3.05, 3.63) is 78.9 Å². The summed E-state index contributed by atoms with van der Waals surface area (Å²) in [6, 6.07) is 25.9. The van der Waals surface area contributed by atoms with Crippen molar-refractivity contribution in [2.45, 2.75) is 6.54 Å². The highest BCUT2D eigenvalue weighted by atomic mass is 16.5. The molecule has 0 atom stereocenters. The maximum Gasteiger partial charge on any atom is 0.213 e. The van der Waals surface area contributed by atoms with Gasteiger partial charge in [0.2, 0.25) is 11.0 Å². The van der Waals surface area contributed by atoms with Crippen LogP contribution in [0.5, 0.6) is 11.5 Å². The lowest BCUT2D eigenvalue weighted by Crippen LogP contribution is -2.38. The molecule has 1 N–H and O–H groups in total. The number of hydrogen-bond acceptors (Lipinski definition) is 2. The average molecular weight is 316 g/mol. The second-order valence-corrected chi connectivity index (χ2v) is 5.76. The summed E-state index contributed by atoms with van der Waals surface area (Å²) in [5, 5.41) is 11.8. The van der Waals surface area contributed by atoms with E-state index < -0.39 is 0 Å². The van der Waals surface area contributed by atoms with Crippen molar-refractivity contribution in [3.8, 4) is 11.5 Å². The number of hydrogen-bond donors (Lipinski definition) is 1. The number of aromatic hydroxyl groups is 1. The highest BCUT2D eigenvalue weighted by Crippen LogP contribution is 2.18. The number of phenolic OH excluding ortho intramolecular Hbond substituents is 1. The minimum absolute atomic E-state index is 0.247. The number of rotatable bonds is 4. The van der Waals surface area contributed by atoms with Crippen LogP contribution >= 0.6 is 0 Å². The van der Waals surface area contributed by atoms with Crippen LogP contribution in [0.15, 0.2) is 78.9 Å². The van der Waals surface area contributed by atoms with Gasteiger partial charge in [-0.1, -0.05) is 24.3 Å². The number of aromatic nitrogens is 1. The molecule has 0 unspecified atom stereocenters. The SMILES string of the molecule is Oc1ccc(OCC[n+]2c3ccccc3cc3ccccc32)cc1. The van der Waals surface area contributed by atoms with Gasteiger partial charge >= 0.3 is 0 Å². The maximum atomic E-state index is 9.34. The summed E-state index contributed by atoms with van der Waals surface area (Å²) < 4.78 is 8.13. The Hall–Kier alpha value is -3.07. The lowest BCUT2D eigenvalue weighted by molar-refractivity contribution is -0.646. The standard InChI is InChI=1S/C21H17NO2/c23-18-9-11-19(12-10-18)24-14-13-22-20-7-3-1-5-16(20)15-17-6-2-4-8-21(17)22/h1-12,15H,13-14H2/p+1. The molecule has 3 aromatic carbocycles. The molecule has 3 nitrogen and oxygen atoms in total. The molecule has 0 saturated carbocycles. The van der Waals surface area contributed by atoms with Crippen LogP contribution in [-0.4, -0.2) is 11.7 Å². The van der Waals surface area contributed by atoms with Crippen molar-refractivity contribution >= 4 is 21.8 Å². The first kappa shape index (κ1) is 14.5. The quantitative estimate of drug-likeness (QED) is 0.455. The van der Waals surface area contributed by atoms with E-state index in [1.165, 1.54) is 21.8 Å². The van der Waals surface area contributed by atoms with Crippen molar-refractivity contribution in [2.24, 2.45) is 0 Å². The number of para-hydroxylation sites is 2. The van der Waals surface area contributed by atoms with Gasteiger partial charge in [-0.2, -0.15) is 4.57 Å². The summed E-state index contributed by atoms with van der Waals surface area (Å²) in [5.41, 5.74) is 2.40. The predicted molar refractivity (Wildman–Crippen MR) is 95.3 cm³/mol. The fourth-order valence-corrected chi connectivity index (χ4v) is 3.05. The third-order valence-electron chi connectivity index (χ3n) is 4.19. The first-order valence-corrected chi connectivity index (χ1v) is 8.03. The van der Waals surface area contributed by atoms with Gasteiger partial charge in [-0.25, -0.2) is 0 Å². The first-order valence-electron chi connectivity index (χ1n) is 8.03.